The second-order valence-corrected chi connectivity index (χ2v) is 2.24. The molecule has 1 N–H and O–H groups in total. The van der Waals surface area contributed by atoms with E-state index in [1.165, 1.54) is 6.92 Å². The molecule has 0 aromatic heterocycles. The zero-order valence-electron chi connectivity index (χ0n) is 5.70. The number of hydrogen-bond acceptors (Lipinski definition) is 5. The van der Waals surface area contributed by atoms with Crippen molar-refractivity contribution in [2.75, 3.05) is 0 Å². The first-order valence-electron chi connectivity index (χ1n) is 2.94. The Morgan fingerprint density at radius 2 is 1.91 bits per heavy atom. The third-order valence-corrected chi connectivity index (χ3v) is 1.57. The molecule has 1 rings (SSSR count). The minimum absolute atomic E-state index is 0.650. The lowest BCUT2D eigenvalue weighted by molar-refractivity contribution is -0.126. The van der Waals surface area contributed by atoms with E-state index in [1.807, 2.05) is 0 Å². The Morgan fingerprint density at radius 3 is 2.09 bits per heavy atom. The molecule has 0 amide bonds. The molecular weight excluding hydrogens is 150 g/mol. The molecular formula is C6H5NO4. The molecule has 5 heteroatoms. The first-order chi connectivity index (χ1) is 5.09. The number of rotatable bonds is 1. The highest BCUT2D eigenvalue weighted by Gasteiger charge is 2.39. The third-order valence-electron chi connectivity index (χ3n) is 1.57. The van der Waals surface area contributed by atoms with Gasteiger partial charge < -0.3 is 5.11 Å². The van der Waals surface area contributed by atoms with Gasteiger partial charge in [0.25, 0.3) is 0 Å². The van der Waals surface area contributed by atoms with Gasteiger partial charge in [0.2, 0.25) is 5.78 Å². The summed E-state index contributed by atoms with van der Waals surface area (Å²) >= 11 is 0. The standard InChI is InChI=1S/C6H5NO4/c1-2-4(8)3(7-11)6(10)5(2)9/h2,10H,1H3. The van der Waals surface area contributed by atoms with Crippen LogP contribution >= 0.6 is 0 Å². The Kier molecular flexibility index (Phi) is 1.56. The Balaban J connectivity index is 3.18. The fraction of sp³-hybridized carbons (Fsp3) is 0.333. The van der Waals surface area contributed by atoms with E-state index in [2.05, 4.69) is 5.18 Å². The molecule has 0 heterocycles. The van der Waals surface area contributed by atoms with Crippen LogP contribution in [-0.4, -0.2) is 16.7 Å². The van der Waals surface area contributed by atoms with Crippen LogP contribution < -0.4 is 0 Å². The highest BCUT2D eigenvalue weighted by molar-refractivity contribution is 6.22. The summed E-state index contributed by atoms with van der Waals surface area (Å²) in [6.07, 6.45) is 0. The molecule has 1 atom stereocenters. The topological polar surface area (TPSA) is 83.8 Å². The summed E-state index contributed by atoms with van der Waals surface area (Å²) in [5.41, 5.74) is -0.650. The minimum Gasteiger partial charge on any atom is -0.503 e. The van der Waals surface area contributed by atoms with Crippen molar-refractivity contribution in [1.82, 2.24) is 0 Å². The predicted octanol–water partition coefficient (Wildman–Crippen LogP) is 0.310. The maximum Gasteiger partial charge on any atom is 0.210 e. The average molecular weight is 155 g/mol. The van der Waals surface area contributed by atoms with Gasteiger partial charge in [0.1, 0.15) is 0 Å². The van der Waals surface area contributed by atoms with Gasteiger partial charge in [0.05, 0.1) is 5.92 Å². The Bertz CT molecular complexity index is 278. The molecule has 11 heavy (non-hydrogen) atoms. The maximum atomic E-state index is 10.8. The average Bonchev–Trinajstić information content (AvgIpc) is 2.17. The molecule has 1 unspecified atom stereocenters. The zero-order valence-corrected chi connectivity index (χ0v) is 5.70. The second kappa shape index (κ2) is 2.26. The van der Waals surface area contributed by atoms with Crippen LogP contribution in [0.15, 0.2) is 16.6 Å². The van der Waals surface area contributed by atoms with E-state index < -0.39 is 28.9 Å². The van der Waals surface area contributed by atoms with E-state index >= 15 is 0 Å². The number of allylic oxidation sites excluding steroid dienone is 2. The van der Waals surface area contributed by atoms with Crippen LogP contribution in [0.2, 0.25) is 0 Å². The van der Waals surface area contributed by atoms with E-state index in [9.17, 15) is 14.5 Å². The lowest BCUT2D eigenvalue weighted by Crippen LogP contribution is -2.12. The van der Waals surface area contributed by atoms with Crippen LogP contribution in [0.4, 0.5) is 0 Å². The van der Waals surface area contributed by atoms with Crippen LogP contribution in [-0.2, 0) is 9.59 Å². The number of nitroso groups, excluding NO2 is 1. The van der Waals surface area contributed by atoms with E-state index in [4.69, 9.17) is 5.11 Å². The summed E-state index contributed by atoms with van der Waals surface area (Å²) in [4.78, 5) is 31.5. The fourth-order valence-electron chi connectivity index (χ4n) is 0.851. The van der Waals surface area contributed by atoms with Crippen molar-refractivity contribution in [2.24, 2.45) is 11.1 Å². The molecule has 1 aliphatic carbocycles. The van der Waals surface area contributed by atoms with Crippen LogP contribution in [0.25, 0.3) is 0 Å². The molecule has 0 radical (unpaired) electrons. The van der Waals surface area contributed by atoms with Crippen LogP contribution in [0.5, 0.6) is 0 Å². The van der Waals surface area contributed by atoms with E-state index in [1.54, 1.807) is 0 Å². The summed E-state index contributed by atoms with van der Waals surface area (Å²) in [5.74, 6) is -3.20. The predicted molar refractivity (Wildman–Crippen MR) is 34.6 cm³/mol. The molecule has 0 aliphatic heterocycles. The molecule has 0 fully saturated rings. The summed E-state index contributed by atoms with van der Waals surface area (Å²) < 4.78 is 0. The highest BCUT2D eigenvalue weighted by Crippen LogP contribution is 2.23. The molecule has 0 aromatic carbocycles. The van der Waals surface area contributed by atoms with Gasteiger partial charge in [-0.05, 0) is 12.1 Å². The van der Waals surface area contributed by atoms with E-state index in [0.717, 1.165) is 0 Å². The van der Waals surface area contributed by atoms with Crippen molar-refractivity contribution in [2.45, 2.75) is 6.92 Å². The Labute approximate surface area is 61.7 Å². The number of nitrogens with zero attached hydrogens (tertiary/aromatic N) is 1. The Hall–Kier alpha value is -1.52. The van der Waals surface area contributed by atoms with Gasteiger partial charge >= 0.3 is 0 Å². The summed E-state index contributed by atoms with van der Waals surface area (Å²) in [5, 5.41) is 11.1. The quantitative estimate of drug-likeness (QED) is 0.436. The molecule has 0 saturated heterocycles. The molecule has 0 saturated carbocycles. The van der Waals surface area contributed by atoms with Crippen LogP contribution in [0, 0.1) is 10.8 Å². The van der Waals surface area contributed by atoms with Gasteiger partial charge in [-0.15, -0.1) is 4.91 Å². The van der Waals surface area contributed by atoms with Gasteiger partial charge in [-0.25, -0.2) is 0 Å². The van der Waals surface area contributed by atoms with Crippen molar-refractivity contribution in [3.8, 4) is 0 Å². The minimum atomic E-state index is -0.956. The largest absolute Gasteiger partial charge is 0.503 e. The van der Waals surface area contributed by atoms with Crippen LogP contribution in [0.1, 0.15) is 6.92 Å². The lowest BCUT2D eigenvalue weighted by Gasteiger charge is -1.92. The van der Waals surface area contributed by atoms with Gasteiger partial charge in [-0.2, -0.15) is 0 Å². The van der Waals surface area contributed by atoms with Crippen molar-refractivity contribution >= 4 is 11.6 Å². The number of aliphatic hydroxyl groups excluding tert-OH is 1. The number of ketones is 2. The number of hydrogen-bond donors (Lipinski definition) is 1. The number of carbonyl (C=O) groups is 2. The number of Topliss-reactive ketones (excluding diaryl/α,β-unsaturated/α-hetero) is 2. The van der Waals surface area contributed by atoms with E-state index in [-0.39, 0.29) is 0 Å². The summed E-state index contributed by atoms with van der Waals surface area (Å²) in [6.45, 7) is 1.32. The van der Waals surface area contributed by atoms with Gasteiger partial charge in [0, 0.05) is 0 Å². The monoisotopic (exact) mass is 155 g/mol. The fourth-order valence-corrected chi connectivity index (χ4v) is 0.851. The molecule has 1 aliphatic rings. The van der Waals surface area contributed by atoms with Gasteiger partial charge in [0.15, 0.2) is 17.2 Å². The van der Waals surface area contributed by atoms with Gasteiger partial charge in [-0.1, -0.05) is 0 Å². The van der Waals surface area contributed by atoms with Crippen molar-refractivity contribution in [3.63, 3.8) is 0 Å². The molecule has 5 nitrogen and oxygen atoms in total. The van der Waals surface area contributed by atoms with Gasteiger partial charge in [-0.3, -0.25) is 9.59 Å². The molecule has 0 spiro atoms. The SMILES string of the molecule is CC1C(=O)C(O)=C(N=O)C1=O. The zero-order chi connectivity index (χ0) is 8.59. The van der Waals surface area contributed by atoms with Crippen molar-refractivity contribution in [1.29, 1.82) is 0 Å². The normalized spacial score (nSPS) is 24.6. The smallest absolute Gasteiger partial charge is 0.210 e. The van der Waals surface area contributed by atoms with Crippen molar-refractivity contribution in [3.05, 3.63) is 16.4 Å². The Morgan fingerprint density at radius 1 is 1.36 bits per heavy atom. The summed E-state index contributed by atoms with van der Waals surface area (Å²) in [6, 6.07) is 0. The van der Waals surface area contributed by atoms with E-state index in [0.29, 0.717) is 0 Å². The van der Waals surface area contributed by atoms with Crippen molar-refractivity contribution < 1.29 is 14.7 Å². The highest BCUT2D eigenvalue weighted by atomic mass is 16.3. The second-order valence-electron chi connectivity index (χ2n) is 2.24. The summed E-state index contributed by atoms with van der Waals surface area (Å²) in [7, 11) is 0. The number of carbonyl (C=O) groups excluding carboxylic acids is 2. The lowest BCUT2D eigenvalue weighted by atomic mass is 10.1. The van der Waals surface area contributed by atoms with Crippen LogP contribution in [0.3, 0.4) is 0 Å². The molecule has 58 valence electrons. The number of aliphatic hydroxyl groups is 1. The molecule has 0 aromatic rings. The third kappa shape index (κ3) is 0.849. The molecule has 0 bridgehead atoms. The first kappa shape index (κ1) is 7.59. The maximum absolute atomic E-state index is 10.8. The first-order valence-corrected chi connectivity index (χ1v) is 2.94.